The number of rotatable bonds is 5. The molecule has 5 heteroatoms. The predicted octanol–water partition coefficient (Wildman–Crippen LogP) is 3.13. The highest BCUT2D eigenvalue weighted by Gasteiger charge is 2.04. The van der Waals surface area contributed by atoms with Crippen LogP contribution in [-0.4, -0.2) is 16.2 Å². The van der Waals surface area contributed by atoms with E-state index < -0.39 is 6.09 Å². The van der Waals surface area contributed by atoms with Gasteiger partial charge in [0.25, 0.3) is 0 Å². The van der Waals surface area contributed by atoms with Gasteiger partial charge in [-0.05, 0) is 6.42 Å². The van der Waals surface area contributed by atoms with E-state index in [1.54, 1.807) is 0 Å². The van der Waals surface area contributed by atoms with E-state index in [1.165, 1.54) is 0 Å². The number of hydrogen-bond donors (Lipinski definition) is 2. The Kier molecular flexibility index (Phi) is 11.4. The van der Waals surface area contributed by atoms with E-state index in [2.05, 4.69) is 28.2 Å². The molecule has 3 nitrogen and oxygen atoms in total. The van der Waals surface area contributed by atoms with E-state index in [1.807, 2.05) is 0 Å². The molecule has 0 fully saturated rings. The van der Waals surface area contributed by atoms with E-state index >= 15 is 0 Å². The molecular weight excluding hydrogens is 290 g/mol. The Balaban J connectivity index is 0. The Labute approximate surface area is 91.8 Å². The van der Waals surface area contributed by atoms with Crippen molar-refractivity contribution in [3.63, 3.8) is 0 Å². The summed E-state index contributed by atoms with van der Waals surface area (Å²) in [4.78, 5) is 10.0. The lowest BCUT2D eigenvalue weighted by Crippen LogP contribution is -2.28. The second-order valence-electron chi connectivity index (χ2n) is 2.41. The molecule has 0 aromatic rings. The van der Waals surface area contributed by atoms with Gasteiger partial charge in [0, 0.05) is 0 Å². The molecule has 1 atom stereocenters. The fraction of sp³-hybridized carbons (Fsp3) is 0.857. The molecule has 0 heterocycles. The Morgan fingerprint density at radius 3 is 2.58 bits per heavy atom. The number of unbranched alkanes of at least 4 members (excludes halogenated alkanes) is 2. The van der Waals surface area contributed by atoms with Crippen LogP contribution in [0.1, 0.15) is 32.6 Å². The third-order valence-electron chi connectivity index (χ3n) is 1.34. The molecular formula is C7H15Br2NO2. The minimum Gasteiger partial charge on any atom is -0.465 e. The van der Waals surface area contributed by atoms with Crippen LogP contribution >= 0.6 is 32.9 Å². The smallest absolute Gasteiger partial charge is 0.405 e. The van der Waals surface area contributed by atoms with Crippen LogP contribution in [-0.2, 0) is 0 Å². The first-order valence-corrected chi connectivity index (χ1v) is 4.72. The normalized spacial score (nSPS) is 11.5. The molecule has 0 aliphatic carbocycles. The van der Waals surface area contributed by atoms with Gasteiger partial charge in [0.05, 0.1) is 4.95 Å². The van der Waals surface area contributed by atoms with Gasteiger partial charge >= 0.3 is 6.09 Å². The molecule has 2 N–H and O–H groups in total. The second-order valence-corrected chi connectivity index (χ2v) is 3.52. The highest BCUT2D eigenvalue weighted by Crippen LogP contribution is 2.07. The summed E-state index contributed by atoms with van der Waals surface area (Å²) in [7, 11) is 0. The van der Waals surface area contributed by atoms with E-state index in [9.17, 15) is 4.79 Å². The standard InChI is InChI=1S/C7H14BrNO2.BrH/c1-2-3-4-5-6(8)9-7(10)11;/h6,9H,2-5H2,1H3,(H,10,11);1H. The Hall–Kier alpha value is 0.230. The highest BCUT2D eigenvalue weighted by molar-refractivity contribution is 9.09. The third kappa shape index (κ3) is 10.2. The molecule has 12 heavy (non-hydrogen) atoms. The lowest BCUT2D eigenvalue weighted by atomic mass is 10.2. The number of alkyl halides is 1. The summed E-state index contributed by atoms with van der Waals surface area (Å²) in [5.41, 5.74) is 0. The van der Waals surface area contributed by atoms with E-state index in [0.717, 1.165) is 25.7 Å². The van der Waals surface area contributed by atoms with E-state index in [0.29, 0.717) is 0 Å². The lowest BCUT2D eigenvalue weighted by molar-refractivity contribution is 0.193. The molecule has 0 aliphatic heterocycles. The quantitative estimate of drug-likeness (QED) is 0.466. The average Bonchev–Trinajstić information content (AvgIpc) is 1.86. The number of nitrogens with one attached hydrogen (secondary N) is 1. The topological polar surface area (TPSA) is 49.3 Å². The van der Waals surface area contributed by atoms with Crippen molar-refractivity contribution >= 4 is 39.0 Å². The van der Waals surface area contributed by atoms with Crippen molar-refractivity contribution in [2.45, 2.75) is 37.6 Å². The van der Waals surface area contributed by atoms with Gasteiger partial charge < -0.3 is 10.4 Å². The summed E-state index contributed by atoms with van der Waals surface area (Å²) in [5.74, 6) is 0. The Bertz CT molecular complexity index is 122. The first-order valence-electron chi connectivity index (χ1n) is 3.80. The molecule has 0 aliphatic rings. The summed E-state index contributed by atoms with van der Waals surface area (Å²) in [6, 6.07) is 0. The molecule has 1 unspecified atom stereocenters. The molecule has 0 spiro atoms. The van der Waals surface area contributed by atoms with E-state index in [-0.39, 0.29) is 21.9 Å². The van der Waals surface area contributed by atoms with Crippen molar-refractivity contribution in [2.75, 3.05) is 0 Å². The molecule has 0 aromatic heterocycles. The lowest BCUT2D eigenvalue weighted by Gasteiger charge is -2.07. The zero-order chi connectivity index (χ0) is 8.69. The predicted molar refractivity (Wildman–Crippen MR) is 58.3 cm³/mol. The third-order valence-corrected chi connectivity index (χ3v) is 2.03. The van der Waals surface area contributed by atoms with Crippen LogP contribution in [0.25, 0.3) is 0 Å². The van der Waals surface area contributed by atoms with Crippen molar-refractivity contribution in [3.8, 4) is 0 Å². The molecule has 1 amide bonds. The highest BCUT2D eigenvalue weighted by atomic mass is 79.9. The van der Waals surface area contributed by atoms with Crippen LogP contribution in [0.3, 0.4) is 0 Å². The summed E-state index contributed by atoms with van der Waals surface area (Å²) in [5, 5.41) is 10.6. The first-order chi connectivity index (χ1) is 5.16. The van der Waals surface area contributed by atoms with Crippen molar-refractivity contribution in [1.82, 2.24) is 5.32 Å². The van der Waals surface area contributed by atoms with Crippen LogP contribution < -0.4 is 5.32 Å². The molecule has 0 aromatic carbocycles. The minimum atomic E-state index is -0.969. The first kappa shape index (κ1) is 14.7. The zero-order valence-corrected chi connectivity index (χ0v) is 10.3. The largest absolute Gasteiger partial charge is 0.465 e. The minimum absolute atomic E-state index is 0. The van der Waals surface area contributed by atoms with Crippen LogP contribution in [0, 0.1) is 0 Å². The van der Waals surface area contributed by atoms with Gasteiger partial charge in [0.1, 0.15) is 0 Å². The van der Waals surface area contributed by atoms with Gasteiger partial charge in [-0.25, -0.2) is 4.79 Å². The number of carbonyl (C=O) groups is 1. The molecule has 0 bridgehead atoms. The number of amides is 1. The molecule has 0 radical (unpaired) electrons. The van der Waals surface area contributed by atoms with Crippen molar-refractivity contribution in [3.05, 3.63) is 0 Å². The van der Waals surface area contributed by atoms with Gasteiger partial charge in [-0.15, -0.1) is 17.0 Å². The summed E-state index contributed by atoms with van der Waals surface area (Å²) < 4.78 is 0. The second kappa shape index (κ2) is 9.32. The molecule has 0 saturated carbocycles. The SMILES string of the molecule is Br.CCCCCC(Br)NC(=O)O. The van der Waals surface area contributed by atoms with Crippen LogP contribution in [0.5, 0.6) is 0 Å². The fourth-order valence-corrected chi connectivity index (χ4v) is 1.30. The van der Waals surface area contributed by atoms with Crippen molar-refractivity contribution in [1.29, 1.82) is 0 Å². The van der Waals surface area contributed by atoms with Gasteiger partial charge in [-0.2, -0.15) is 0 Å². The average molecular weight is 305 g/mol. The molecule has 74 valence electrons. The van der Waals surface area contributed by atoms with E-state index in [4.69, 9.17) is 5.11 Å². The van der Waals surface area contributed by atoms with Crippen LogP contribution in [0.4, 0.5) is 4.79 Å². The molecule has 0 saturated heterocycles. The van der Waals surface area contributed by atoms with Crippen LogP contribution in [0.2, 0.25) is 0 Å². The Morgan fingerprint density at radius 1 is 1.58 bits per heavy atom. The zero-order valence-electron chi connectivity index (χ0n) is 7.05. The van der Waals surface area contributed by atoms with Gasteiger partial charge in [-0.1, -0.05) is 42.1 Å². The monoisotopic (exact) mass is 303 g/mol. The number of hydrogen-bond acceptors (Lipinski definition) is 1. The maximum absolute atomic E-state index is 10.1. The van der Waals surface area contributed by atoms with Crippen molar-refractivity contribution in [2.24, 2.45) is 0 Å². The van der Waals surface area contributed by atoms with Crippen molar-refractivity contribution < 1.29 is 9.90 Å². The van der Waals surface area contributed by atoms with Gasteiger partial charge in [0.2, 0.25) is 0 Å². The Morgan fingerprint density at radius 2 is 2.17 bits per heavy atom. The number of halogens is 2. The maximum atomic E-state index is 10.1. The number of carboxylic acid groups (broad SMARTS) is 1. The summed E-state index contributed by atoms with van der Waals surface area (Å²) in [6.07, 6.45) is 3.27. The van der Waals surface area contributed by atoms with Gasteiger partial charge in [0.15, 0.2) is 0 Å². The maximum Gasteiger partial charge on any atom is 0.405 e. The van der Waals surface area contributed by atoms with Crippen LogP contribution in [0.15, 0.2) is 0 Å². The summed E-state index contributed by atoms with van der Waals surface area (Å²) >= 11 is 3.22. The molecule has 0 rings (SSSR count). The summed E-state index contributed by atoms with van der Waals surface area (Å²) in [6.45, 7) is 2.12. The van der Waals surface area contributed by atoms with Gasteiger partial charge in [-0.3, -0.25) is 0 Å². The fourth-order valence-electron chi connectivity index (χ4n) is 0.780.